The van der Waals surface area contributed by atoms with Crippen LogP contribution in [0.5, 0.6) is 0 Å². The maximum absolute atomic E-state index is 13.8. The summed E-state index contributed by atoms with van der Waals surface area (Å²) in [5.74, 6) is -3.07. The van der Waals surface area contributed by atoms with Gasteiger partial charge in [-0.25, -0.2) is 23.0 Å². The highest BCUT2D eigenvalue weighted by atomic mass is 32.2. The maximum atomic E-state index is 13.8. The van der Waals surface area contributed by atoms with Gasteiger partial charge in [0.05, 0.1) is 16.6 Å². The molecule has 2 aromatic rings. The minimum atomic E-state index is -4.22. The van der Waals surface area contributed by atoms with Crippen LogP contribution in [0.1, 0.15) is 0 Å². The van der Waals surface area contributed by atoms with Crippen LogP contribution in [0, 0.1) is 21.7 Å². The Balaban J connectivity index is 2.64. The Labute approximate surface area is 109 Å². The van der Waals surface area contributed by atoms with Crippen LogP contribution >= 0.6 is 0 Å². The molecule has 106 valence electrons. The number of H-pyrrole nitrogens is 1. The molecule has 0 atom stereocenters. The maximum Gasteiger partial charge on any atom is 0.308 e. The van der Waals surface area contributed by atoms with Crippen LogP contribution in [0.25, 0.3) is 11.4 Å². The number of aromatic nitrogens is 3. The summed E-state index contributed by atoms with van der Waals surface area (Å²) in [6.45, 7) is 0. The van der Waals surface area contributed by atoms with Crippen LogP contribution in [0.2, 0.25) is 0 Å². The van der Waals surface area contributed by atoms with E-state index in [1.54, 1.807) is 0 Å². The van der Waals surface area contributed by atoms with E-state index in [2.05, 4.69) is 10.1 Å². The number of rotatable bonds is 3. The number of primary sulfonamides is 1. The molecule has 0 aliphatic heterocycles. The first kappa shape index (κ1) is 14.0. The highest BCUT2D eigenvalue weighted by Gasteiger charge is 2.24. The average Bonchev–Trinajstić information content (AvgIpc) is 2.80. The largest absolute Gasteiger partial charge is 0.308 e. The number of nitro benzene ring substituents is 1. The van der Waals surface area contributed by atoms with E-state index < -0.39 is 48.8 Å². The number of nitro groups is 1. The molecule has 9 nitrogen and oxygen atoms in total. The molecular weight excluding hydrogens is 300 g/mol. The molecule has 1 aromatic heterocycles. The summed E-state index contributed by atoms with van der Waals surface area (Å²) < 4.78 is 49.0. The van der Waals surface area contributed by atoms with Crippen molar-refractivity contribution in [2.75, 3.05) is 0 Å². The van der Waals surface area contributed by atoms with Crippen molar-refractivity contribution in [3.63, 3.8) is 0 Å². The lowest BCUT2D eigenvalue weighted by atomic mass is 10.1. The number of sulfonamides is 1. The predicted molar refractivity (Wildman–Crippen MR) is 59.8 cm³/mol. The van der Waals surface area contributed by atoms with Gasteiger partial charge in [0.25, 0.3) is 15.2 Å². The Morgan fingerprint density at radius 3 is 2.50 bits per heavy atom. The fraction of sp³-hybridized carbons (Fsp3) is 0. The Kier molecular flexibility index (Phi) is 3.19. The van der Waals surface area contributed by atoms with Gasteiger partial charge in [-0.15, -0.1) is 0 Å². The third-order valence-corrected chi connectivity index (χ3v) is 2.91. The van der Waals surface area contributed by atoms with E-state index in [0.717, 1.165) is 0 Å². The smallest absolute Gasteiger partial charge is 0.258 e. The number of nitrogens with one attached hydrogen (secondary N) is 1. The Morgan fingerprint density at radius 2 is 2.00 bits per heavy atom. The topological polar surface area (TPSA) is 145 Å². The first-order chi connectivity index (χ1) is 9.20. The molecule has 0 amide bonds. The summed E-state index contributed by atoms with van der Waals surface area (Å²) in [4.78, 5) is 12.8. The fourth-order valence-electron chi connectivity index (χ4n) is 1.37. The molecule has 1 aromatic carbocycles. The van der Waals surface area contributed by atoms with Gasteiger partial charge in [0.2, 0.25) is 5.82 Å². The molecule has 0 fully saturated rings. The molecule has 12 heteroatoms. The van der Waals surface area contributed by atoms with Crippen molar-refractivity contribution in [2.45, 2.75) is 5.16 Å². The summed E-state index contributed by atoms with van der Waals surface area (Å²) in [7, 11) is -4.22. The average molecular weight is 305 g/mol. The molecule has 0 aliphatic carbocycles. The zero-order valence-electron chi connectivity index (χ0n) is 9.37. The van der Waals surface area contributed by atoms with Crippen molar-refractivity contribution in [3.05, 3.63) is 33.9 Å². The summed E-state index contributed by atoms with van der Waals surface area (Å²) >= 11 is 0. The molecule has 0 spiro atoms. The quantitative estimate of drug-likeness (QED) is 0.616. The molecule has 0 bridgehead atoms. The highest BCUT2D eigenvalue weighted by Crippen LogP contribution is 2.28. The Morgan fingerprint density at radius 1 is 1.35 bits per heavy atom. The highest BCUT2D eigenvalue weighted by molar-refractivity contribution is 7.89. The van der Waals surface area contributed by atoms with Gasteiger partial charge in [-0.1, -0.05) is 0 Å². The van der Waals surface area contributed by atoms with E-state index in [4.69, 9.17) is 5.14 Å². The number of nitrogens with zero attached hydrogens (tertiary/aromatic N) is 3. The summed E-state index contributed by atoms with van der Waals surface area (Å²) in [5.41, 5.74) is -1.79. The molecular formula is C8H5F2N5O4S. The van der Waals surface area contributed by atoms with Crippen LogP contribution in [-0.2, 0) is 10.0 Å². The summed E-state index contributed by atoms with van der Waals surface area (Å²) in [5, 5.41) is 19.8. The zero-order valence-corrected chi connectivity index (χ0v) is 10.2. The first-order valence-corrected chi connectivity index (χ1v) is 6.34. The SMILES string of the molecule is NS(=O)(=O)c1nc(-c2cc(F)cc([N+](=O)[O-])c2F)n[nH]1. The summed E-state index contributed by atoms with van der Waals surface area (Å²) in [6, 6.07) is 0.977. The minimum absolute atomic E-state index is 0.381. The second-order valence-electron chi connectivity index (χ2n) is 3.55. The van der Waals surface area contributed by atoms with E-state index in [1.807, 2.05) is 5.10 Å². The van der Waals surface area contributed by atoms with Crippen molar-refractivity contribution >= 4 is 15.7 Å². The lowest BCUT2D eigenvalue weighted by molar-refractivity contribution is -0.387. The molecule has 20 heavy (non-hydrogen) atoms. The van der Waals surface area contributed by atoms with Gasteiger partial charge in [-0.2, -0.15) is 14.5 Å². The van der Waals surface area contributed by atoms with Crippen LogP contribution in [-0.4, -0.2) is 28.5 Å². The van der Waals surface area contributed by atoms with E-state index in [1.165, 1.54) is 0 Å². The van der Waals surface area contributed by atoms with Crippen molar-refractivity contribution < 1.29 is 22.1 Å². The molecule has 0 saturated carbocycles. The normalized spacial score (nSPS) is 11.6. The zero-order chi connectivity index (χ0) is 15.1. The van der Waals surface area contributed by atoms with Crippen LogP contribution in [0.3, 0.4) is 0 Å². The third-order valence-electron chi connectivity index (χ3n) is 2.19. The number of nitrogens with two attached hydrogens (primary N) is 1. The fourth-order valence-corrected chi connectivity index (χ4v) is 1.75. The van der Waals surface area contributed by atoms with Gasteiger partial charge in [0.15, 0.2) is 5.82 Å². The first-order valence-electron chi connectivity index (χ1n) is 4.79. The third kappa shape index (κ3) is 2.46. The van der Waals surface area contributed by atoms with Gasteiger partial charge >= 0.3 is 5.69 Å². The Bertz CT molecular complexity index is 803. The van der Waals surface area contributed by atoms with Crippen LogP contribution in [0.15, 0.2) is 17.3 Å². The summed E-state index contributed by atoms with van der Waals surface area (Å²) in [6.07, 6.45) is 0. The number of halogens is 2. The van der Waals surface area contributed by atoms with E-state index in [0.29, 0.717) is 12.1 Å². The van der Waals surface area contributed by atoms with Gasteiger partial charge in [0.1, 0.15) is 5.82 Å². The number of hydrogen-bond donors (Lipinski definition) is 2. The van der Waals surface area contributed by atoms with Gasteiger partial charge < -0.3 is 0 Å². The Hall–Kier alpha value is -2.47. The van der Waals surface area contributed by atoms with Gasteiger partial charge in [0, 0.05) is 0 Å². The molecule has 1 heterocycles. The molecule has 2 rings (SSSR count). The number of aromatic amines is 1. The van der Waals surface area contributed by atoms with Crippen molar-refractivity contribution in [3.8, 4) is 11.4 Å². The van der Waals surface area contributed by atoms with Crippen LogP contribution in [0.4, 0.5) is 14.5 Å². The molecule has 0 saturated heterocycles. The number of benzene rings is 1. The number of hydrogen-bond acceptors (Lipinski definition) is 6. The van der Waals surface area contributed by atoms with Gasteiger partial charge in [-0.05, 0) is 6.07 Å². The predicted octanol–water partition coefficient (Wildman–Crippen LogP) is 0.306. The van der Waals surface area contributed by atoms with E-state index in [9.17, 15) is 27.3 Å². The monoisotopic (exact) mass is 305 g/mol. The second-order valence-corrected chi connectivity index (χ2v) is 5.03. The lowest BCUT2D eigenvalue weighted by Gasteiger charge is -2.00. The van der Waals surface area contributed by atoms with Crippen molar-refractivity contribution in [1.82, 2.24) is 15.2 Å². The molecule has 0 unspecified atom stereocenters. The molecule has 3 N–H and O–H groups in total. The lowest BCUT2D eigenvalue weighted by Crippen LogP contribution is -2.13. The van der Waals surface area contributed by atoms with Crippen molar-refractivity contribution in [2.24, 2.45) is 5.14 Å². The molecule has 0 aliphatic rings. The minimum Gasteiger partial charge on any atom is -0.258 e. The van der Waals surface area contributed by atoms with Crippen molar-refractivity contribution in [1.29, 1.82) is 0 Å². The second kappa shape index (κ2) is 4.57. The van der Waals surface area contributed by atoms with Gasteiger partial charge in [-0.3, -0.25) is 10.1 Å². The van der Waals surface area contributed by atoms with E-state index in [-0.39, 0.29) is 0 Å². The standard InChI is InChI=1S/C8H5F2N5O4S/c9-3-1-4(6(10)5(2-3)15(16)17)7-12-8(14-13-7)20(11,18)19/h1-2H,(H2,11,18,19)(H,12,13,14). The molecule has 0 radical (unpaired) electrons. The van der Waals surface area contributed by atoms with Crippen LogP contribution < -0.4 is 5.14 Å². The van der Waals surface area contributed by atoms with E-state index >= 15 is 0 Å².